The van der Waals surface area contributed by atoms with Crippen LogP contribution in [0.25, 0.3) is 0 Å². The third kappa shape index (κ3) is 11.8. The molecule has 206 valence electrons. The van der Waals surface area contributed by atoms with Gasteiger partial charge in [-0.05, 0) is 31.5 Å². The second-order valence-corrected chi connectivity index (χ2v) is 11.5. The van der Waals surface area contributed by atoms with Crippen LogP contribution in [0.3, 0.4) is 0 Å². The van der Waals surface area contributed by atoms with Gasteiger partial charge in [-0.3, -0.25) is 4.79 Å². The van der Waals surface area contributed by atoms with Gasteiger partial charge in [-0.15, -0.1) is 0 Å². The molecular weight excluding hydrogens is 488 g/mol. The molecule has 0 atom stereocenters. The molecule has 0 saturated carbocycles. The summed E-state index contributed by atoms with van der Waals surface area (Å²) in [7, 11) is 0. The fraction of sp³-hybridized carbons (Fsp3) is 0.515. The maximum atomic E-state index is 12.8. The summed E-state index contributed by atoms with van der Waals surface area (Å²) in [4.78, 5) is 14.1. The van der Waals surface area contributed by atoms with E-state index in [0.717, 1.165) is 35.5 Å². The van der Waals surface area contributed by atoms with Gasteiger partial charge in [-0.2, -0.15) is 4.57 Å². The van der Waals surface area contributed by atoms with Crippen molar-refractivity contribution in [2.45, 2.75) is 104 Å². The summed E-state index contributed by atoms with van der Waals surface area (Å²) < 4.78 is 8.26. The van der Waals surface area contributed by atoms with E-state index in [1.807, 2.05) is 42.5 Å². The van der Waals surface area contributed by atoms with Crippen LogP contribution in [0.5, 0.6) is 5.75 Å². The van der Waals surface area contributed by atoms with E-state index in [9.17, 15) is 4.79 Å². The molecule has 0 spiro atoms. The number of nitrogens with zero attached hydrogens (tertiary/aromatic N) is 1. The lowest BCUT2D eigenvalue weighted by Gasteiger charge is -2.12. The lowest BCUT2D eigenvalue weighted by Crippen LogP contribution is -2.30. The minimum Gasteiger partial charge on any atom is -0.493 e. The molecule has 0 aliphatic rings. The van der Waals surface area contributed by atoms with Gasteiger partial charge in [0.1, 0.15) is 5.75 Å². The van der Waals surface area contributed by atoms with Crippen LogP contribution in [-0.4, -0.2) is 12.5 Å². The van der Waals surface area contributed by atoms with Crippen molar-refractivity contribution in [2.24, 2.45) is 0 Å². The second kappa shape index (κ2) is 17.8. The first kappa shape index (κ1) is 29.9. The van der Waals surface area contributed by atoms with E-state index >= 15 is 0 Å². The fourth-order valence-electron chi connectivity index (χ4n) is 4.78. The van der Waals surface area contributed by atoms with Crippen LogP contribution >= 0.6 is 11.3 Å². The van der Waals surface area contributed by atoms with Crippen molar-refractivity contribution in [1.29, 1.82) is 0 Å². The molecule has 0 aliphatic heterocycles. The molecule has 2 aromatic carbocycles. The smallest absolute Gasteiger partial charge is 0.228 e. The van der Waals surface area contributed by atoms with Crippen LogP contribution in [0, 0.1) is 6.92 Å². The normalized spacial score (nSPS) is 11.0. The number of anilines is 1. The van der Waals surface area contributed by atoms with Gasteiger partial charge in [0.05, 0.1) is 17.9 Å². The zero-order valence-electron chi connectivity index (χ0n) is 23.6. The first-order valence-electron chi connectivity index (χ1n) is 14.7. The number of para-hydroxylation sites is 1. The molecule has 1 N–H and O–H groups in total. The van der Waals surface area contributed by atoms with E-state index in [1.165, 1.54) is 75.5 Å². The Morgan fingerprint density at radius 1 is 0.868 bits per heavy atom. The van der Waals surface area contributed by atoms with Crippen molar-refractivity contribution >= 4 is 22.9 Å². The van der Waals surface area contributed by atoms with E-state index in [0.29, 0.717) is 13.0 Å². The number of amides is 1. The highest BCUT2D eigenvalue weighted by Gasteiger charge is 2.11. The average Bonchev–Trinajstić information content (AvgIpc) is 3.32. The summed E-state index contributed by atoms with van der Waals surface area (Å²) in [5, 5.41) is 3.07. The molecule has 4 nitrogen and oxygen atoms in total. The van der Waals surface area contributed by atoms with Gasteiger partial charge in [-0.25, -0.2) is 0 Å². The third-order valence-electron chi connectivity index (χ3n) is 6.88. The number of rotatable bonds is 19. The molecule has 1 heterocycles. The van der Waals surface area contributed by atoms with Gasteiger partial charge in [0.15, 0.2) is 12.7 Å². The van der Waals surface area contributed by atoms with E-state index in [-0.39, 0.29) is 5.91 Å². The largest absolute Gasteiger partial charge is 0.493 e. The molecule has 0 saturated heterocycles. The van der Waals surface area contributed by atoms with Crippen molar-refractivity contribution in [1.82, 2.24) is 0 Å². The number of hydrogen-bond donors (Lipinski definition) is 1. The summed E-state index contributed by atoms with van der Waals surface area (Å²) >= 11 is 1.74. The summed E-state index contributed by atoms with van der Waals surface area (Å²) in [5.41, 5.74) is 5.05. The van der Waals surface area contributed by atoms with Gasteiger partial charge in [0.25, 0.3) is 0 Å². The third-order valence-corrected chi connectivity index (χ3v) is 7.73. The Morgan fingerprint density at radius 2 is 1.55 bits per heavy atom. The number of aryl methyl sites for hydroxylation is 1. The molecule has 3 aromatic rings. The zero-order chi connectivity index (χ0) is 26.8. The second-order valence-electron chi connectivity index (χ2n) is 10.4. The average molecular weight is 536 g/mol. The fourth-order valence-corrected chi connectivity index (χ4v) is 5.41. The van der Waals surface area contributed by atoms with E-state index in [2.05, 4.69) is 41.5 Å². The highest BCUT2D eigenvalue weighted by Crippen LogP contribution is 2.20. The molecule has 0 aliphatic carbocycles. The minimum absolute atomic E-state index is 0.0254. The van der Waals surface area contributed by atoms with Gasteiger partial charge in [0.2, 0.25) is 11.4 Å². The summed E-state index contributed by atoms with van der Waals surface area (Å²) in [6, 6.07) is 16.0. The van der Waals surface area contributed by atoms with Crippen molar-refractivity contribution < 1.29 is 14.1 Å². The van der Waals surface area contributed by atoms with Gasteiger partial charge >= 0.3 is 0 Å². The van der Waals surface area contributed by atoms with Crippen molar-refractivity contribution in [2.75, 3.05) is 11.9 Å². The van der Waals surface area contributed by atoms with E-state index < -0.39 is 0 Å². The number of thiazole rings is 1. The number of benzene rings is 2. The molecule has 38 heavy (non-hydrogen) atoms. The highest BCUT2D eigenvalue weighted by atomic mass is 32.1. The van der Waals surface area contributed by atoms with Crippen molar-refractivity contribution in [3.63, 3.8) is 0 Å². The lowest BCUT2D eigenvalue weighted by molar-refractivity contribution is -0.683. The monoisotopic (exact) mass is 535 g/mol. The van der Waals surface area contributed by atoms with Crippen LogP contribution in [0.1, 0.15) is 100.0 Å². The Hall–Kier alpha value is -2.66. The summed E-state index contributed by atoms with van der Waals surface area (Å²) in [5.74, 6) is 0.797. The predicted molar refractivity (Wildman–Crippen MR) is 160 cm³/mol. The molecule has 3 rings (SSSR count). The van der Waals surface area contributed by atoms with Gasteiger partial charge in [0, 0.05) is 16.8 Å². The van der Waals surface area contributed by atoms with Gasteiger partial charge < -0.3 is 10.1 Å². The van der Waals surface area contributed by atoms with E-state index in [1.54, 1.807) is 11.3 Å². The minimum atomic E-state index is -0.0254. The molecular formula is C33H47N2O2S+. The number of hydrogen-bond acceptors (Lipinski definition) is 3. The Bertz CT molecular complexity index is 1080. The number of ether oxygens (including phenoxy) is 1. The Balaban J connectivity index is 1.33. The zero-order valence-corrected chi connectivity index (χ0v) is 24.4. The van der Waals surface area contributed by atoms with Crippen LogP contribution in [0.4, 0.5) is 5.69 Å². The lowest BCUT2D eigenvalue weighted by atomic mass is 10.1. The maximum absolute atomic E-state index is 12.8. The quantitative estimate of drug-likeness (QED) is 0.123. The number of nitrogens with one attached hydrogen (secondary N) is 1. The van der Waals surface area contributed by atoms with Crippen LogP contribution in [0.15, 0.2) is 60.2 Å². The summed E-state index contributed by atoms with van der Waals surface area (Å²) in [6.45, 7) is 5.89. The molecule has 5 heteroatoms. The Kier molecular flexibility index (Phi) is 14.0. The molecule has 0 radical (unpaired) electrons. The number of carbonyl (C=O) groups is 1. The topological polar surface area (TPSA) is 42.2 Å². The van der Waals surface area contributed by atoms with Gasteiger partial charge in [-0.1, -0.05) is 119 Å². The van der Waals surface area contributed by atoms with Crippen LogP contribution < -0.4 is 14.6 Å². The van der Waals surface area contributed by atoms with Crippen molar-refractivity contribution in [3.05, 3.63) is 76.2 Å². The molecule has 0 bridgehead atoms. The molecule has 1 amide bonds. The SMILES string of the molecule is CCCCCCCCCCCCCCOc1ccccc1CC(=O)Nc1cccc(C[n+]2csc(C)c2)c1. The maximum Gasteiger partial charge on any atom is 0.228 e. The molecule has 0 unspecified atom stereocenters. The Morgan fingerprint density at radius 3 is 2.24 bits per heavy atom. The van der Waals surface area contributed by atoms with Crippen LogP contribution in [0.2, 0.25) is 0 Å². The first-order valence-corrected chi connectivity index (χ1v) is 15.6. The predicted octanol–water partition coefficient (Wildman–Crippen LogP) is 8.65. The first-order chi connectivity index (χ1) is 18.6. The van der Waals surface area contributed by atoms with Crippen molar-refractivity contribution in [3.8, 4) is 5.75 Å². The molecule has 0 fully saturated rings. The number of aromatic nitrogens is 1. The van der Waals surface area contributed by atoms with Crippen LogP contribution in [-0.2, 0) is 17.8 Å². The number of carbonyl (C=O) groups excluding carboxylic acids is 1. The van der Waals surface area contributed by atoms with E-state index in [4.69, 9.17) is 4.74 Å². The standard InChI is InChI=1S/C33H46N2O2S/c1-3-4-5-6-7-8-9-10-11-12-13-16-22-37-32-21-15-14-19-30(32)24-33(36)34-31-20-17-18-29(23-31)26-35-25-28(2)38-27-35/h14-15,17-21,23,25,27H,3-13,16,22,24,26H2,1-2H3/p+1. The molecule has 1 aromatic heterocycles. The highest BCUT2D eigenvalue weighted by molar-refractivity contribution is 7.09. The number of unbranched alkanes of at least 4 members (excludes halogenated alkanes) is 11. The Labute approximate surface area is 234 Å². The summed E-state index contributed by atoms with van der Waals surface area (Å²) in [6.07, 6.45) is 18.4.